The second-order valence-electron chi connectivity index (χ2n) is 7.94. The number of hydrogen-bond donors (Lipinski definition) is 2. The van der Waals surface area contributed by atoms with E-state index in [9.17, 15) is 9.59 Å². The average molecular weight is 479 g/mol. The molecular formula is C25H26N4O6. The number of nitrogens with one attached hydrogen (secondary N) is 2. The molecule has 0 fully saturated rings. The van der Waals surface area contributed by atoms with Gasteiger partial charge in [0.25, 0.3) is 17.5 Å². The van der Waals surface area contributed by atoms with Crippen LogP contribution >= 0.6 is 0 Å². The zero-order chi connectivity index (χ0) is 25.1. The number of carbonyl (C=O) groups excluding carboxylic acids is 2. The molecule has 0 saturated carbocycles. The molecule has 0 bridgehead atoms. The number of aromatic nitrogens is 2. The Morgan fingerprint density at radius 1 is 1.06 bits per heavy atom. The molecule has 2 amide bonds. The van der Waals surface area contributed by atoms with Crippen molar-refractivity contribution >= 4 is 22.9 Å². The Labute approximate surface area is 201 Å². The van der Waals surface area contributed by atoms with Crippen LogP contribution in [0.25, 0.3) is 22.4 Å². The van der Waals surface area contributed by atoms with Crippen molar-refractivity contribution in [2.75, 3.05) is 6.61 Å². The standard InChI is InChI=1S/C25H26N4O6/c1-6-32-17-7-9-18(10-8-17)34-16(5)23(30)27-28-24(31)20-12-21(19-11-13(2)33-15(19)4)26-25-22(20)14(3)29-35-25/h7-12,16H,6H2,1-5H3,(H,27,30)(H,28,31). The van der Waals surface area contributed by atoms with E-state index >= 15 is 0 Å². The summed E-state index contributed by atoms with van der Waals surface area (Å²) in [6.07, 6.45) is -0.866. The van der Waals surface area contributed by atoms with Gasteiger partial charge in [0.2, 0.25) is 0 Å². The fourth-order valence-corrected chi connectivity index (χ4v) is 3.62. The number of fused-ring (bicyclic) bond motifs is 1. The number of carbonyl (C=O) groups is 2. The molecule has 1 atom stereocenters. The highest BCUT2D eigenvalue weighted by atomic mass is 16.5. The lowest BCUT2D eigenvalue weighted by Crippen LogP contribution is -2.47. The lowest BCUT2D eigenvalue weighted by molar-refractivity contribution is -0.128. The van der Waals surface area contributed by atoms with Gasteiger partial charge in [-0.3, -0.25) is 20.4 Å². The monoisotopic (exact) mass is 478 g/mol. The lowest BCUT2D eigenvalue weighted by atomic mass is 10.1. The van der Waals surface area contributed by atoms with Crippen LogP contribution in [0.2, 0.25) is 0 Å². The molecule has 3 aromatic heterocycles. The molecule has 0 aliphatic carbocycles. The van der Waals surface area contributed by atoms with Gasteiger partial charge in [-0.2, -0.15) is 0 Å². The topological polar surface area (TPSA) is 129 Å². The van der Waals surface area contributed by atoms with Crippen LogP contribution in [0.4, 0.5) is 0 Å². The molecule has 0 saturated heterocycles. The Morgan fingerprint density at radius 2 is 1.77 bits per heavy atom. The third-order valence-corrected chi connectivity index (χ3v) is 5.29. The maximum Gasteiger partial charge on any atom is 0.279 e. The number of pyridine rings is 1. The SMILES string of the molecule is CCOc1ccc(OC(C)C(=O)NNC(=O)c2cc(-c3cc(C)oc3C)nc3onc(C)c23)cc1. The van der Waals surface area contributed by atoms with E-state index in [4.69, 9.17) is 18.4 Å². The number of benzene rings is 1. The molecule has 10 heteroatoms. The quantitative estimate of drug-likeness (QED) is 0.381. The lowest BCUT2D eigenvalue weighted by Gasteiger charge is -2.16. The molecule has 4 rings (SSSR count). The Balaban J connectivity index is 1.48. The first-order chi connectivity index (χ1) is 16.8. The Kier molecular flexibility index (Phi) is 6.72. The molecule has 10 nitrogen and oxygen atoms in total. The molecule has 1 aromatic carbocycles. The van der Waals surface area contributed by atoms with E-state index in [-0.39, 0.29) is 11.3 Å². The highest BCUT2D eigenvalue weighted by molar-refractivity contribution is 6.07. The van der Waals surface area contributed by atoms with Gasteiger partial charge in [-0.15, -0.1) is 0 Å². The van der Waals surface area contributed by atoms with Gasteiger partial charge in [0, 0.05) is 5.56 Å². The van der Waals surface area contributed by atoms with E-state index in [0.29, 0.717) is 46.4 Å². The molecule has 0 aliphatic rings. The number of nitrogens with zero attached hydrogens (tertiary/aromatic N) is 2. The molecular weight excluding hydrogens is 452 g/mol. The predicted molar refractivity (Wildman–Crippen MR) is 127 cm³/mol. The highest BCUT2D eigenvalue weighted by Gasteiger charge is 2.22. The van der Waals surface area contributed by atoms with Crippen molar-refractivity contribution in [2.24, 2.45) is 0 Å². The van der Waals surface area contributed by atoms with Gasteiger partial charge in [0.05, 0.1) is 28.9 Å². The number of rotatable bonds is 7. The number of ether oxygens (including phenoxy) is 2. The fourth-order valence-electron chi connectivity index (χ4n) is 3.62. The van der Waals surface area contributed by atoms with Gasteiger partial charge >= 0.3 is 0 Å². The van der Waals surface area contributed by atoms with Gasteiger partial charge in [-0.25, -0.2) is 4.98 Å². The maximum absolute atomic E-state index is 13.1. The van der Waals surface area contributed by atoms with Crippen LogP contribution in [0, 0.1) is 20.8 Å². The Morgan fingerprint density at radius 3 is 2.43 bits per heavy atom. The molecule has 3 heterocycles. The maximum atomic E-state index is 13.1. The zero-order valence-electron chi connectivity index (χ0n) is 20.1. The first-order valence-corrected chi connectivity index (χ1v) is 11.1. The zero-order valence-corrected chi connectivity index (χ0v) is 20.1. The number of furan rings is 1. The smallest absolute Gasteiger partial charge is 0.279 e. The van der Waals surface area contributed by atoms with Crippen molar-refractivity contribution < 1.29 is 28.0 Å². The van der Waals surface area contributed by atoms with Crippen LogP contribution < -0.4 is 20.3 Å². The van der Waals surface area contributed by atoms with Crippen molar-refractivity contribution in [1.29, 1.82) is 0 Å². The minimum atomic E-state index is -0.866. The van der Waals surface area contributed by atoms with Crippen LogP contribution in [0.1, 0.15) is 41.4 Å². The van der Waals surface area contributed by atoms with Crippen LogP contribution in [-0.2, 0) is 4.79 Å². The summed E-state index contributed by atoms with van der Waals surface area (Å²) < 4.78 is 22.0. The van der Waals surface area contributed by atoms with Crippen molar-refractivity contribution in [3.8, 4) is 22.8 Å². The van der Waals surface area contributed by atoms with Gasteiger partial charge in [0.15, 0.2) is 6.10 Å². The first-order valence-electron chi connectivity index (χ1n) is 11.1. The van der Waals surface area contributed by atoms with Gasteiger partial charge in [-0.1, -0.05) is 5.16 Å². The van der Waals surface area contributed by atoms with E-state index < -0.39 is 17.9 Å². The first kappa shape index (κ1) is 23.8. The van der Waals surface area contributed by atoms with Crippen molar-refractivity contribution in [3.63, 3.8) is 0 Å². The van der Waals surface area contributed by atoms with Crippen molar-refractivity contribution in [3.05, 3.63) is 59.2 Å². The second-order valence-corrected chi connectivity index (χ2v) is 7.94. The van der Waals surface area contributed by atoms with E-state index in [1.807, 2.05) is 26.8 Å². The third kappa shape index (κ3) is 5.11. The fraction of sp³-hybridized carbons (Fsp3) is 0.280. The van der Waals surface area contributed by atoms with E-state index in [2.05, 4.69) is 21.0 Å². The van der Waals surface area contributed by atoms with Gasteiger partial charge < -0.3 is 18.4 Å². The summed E-state index contributed by atoms with van der Waals surface area (Å²) in [5.74, 6) is 1.50. The molecule has 182 valence electrons. The Bertz CT molecular complexity index is 1370. The van der Waals surface area contributed by atoms with Crippen LogP contribution in [0.5, 0.6) is 11.5 Å². The van der Waals surface area contributed by atoms with E-state index in [0.717, 1.165) is 5.56 Å². The summed E-state index contributed by atoms with van der Waals surface area (Å²) in [5, 5.41) is 4.39. The van der Waals surface area contributed by atoms with E-state index in [1.165, 1.54) is 0 Å². The number of amides is 2. The summed E-state index contributed by atoms with van der Waals surface area (Å²) >= 11 is 0. The Hall–Kier alpha value is -4.34. The molecule has 0 aliphatic heterocycles. The summed E-state index contributed by atoms with van der Waals surface area (Å²) in [5.41, 5.74) is 7.03. The molecule has 35 heavy (non-hydrogen) atoms. The largest absolute Gasteiger partial charge is 0.494 e. The van der Waals surface area contributed by atoms with Crippen LogP contribution in [0.15, 0.2) is 45.3 Å². The minimum Gasteiger partial charge on any atom is -0.494 e. The predicted octanol–water partition coefficient (Wildman–Crippen LogP) is 4.04. The molecule has 2 N–H and O–H groups in total. The number of hydrogen-bond acceptors (Lipinski definition) is 8. The summed E-state index contributed by atoms with van der Waals surface area (Å²) in [7, 11) is 0. The van der Waals surface area contributed by atoms with Gasteiger partial charge in [-0.05, 0) is 71.0 Å². The third-order valence-electron chi connectivity index (χ3n) is 5.29. The molecule has 4 aromatic rings. The minimum absolute atomic E-state index is 0.210. The van der Waals surface area contributed by atoms with E-state index in [1.54, 1.807) is 44.2 Å². The molecule has 1 unspecified atom stereocenters. The van der Waals surface area contributed by atoms with Crippen LogP contribution in [-0.4, -0.2) is 34.7 Å². The highest BCUT2D eigenvalue weighted by Crippen LogP contribution is 2.30. The molecule has 0 radical (unpaired) electrons. The summed E-state index contributed by atoms with van der Waals surface area (Å²) in [6, 6.07) is 10.4. The number of aryl methyl sites for hydroxylation is 3. The number of hydrazine groups is 1. The average Bonchev–Trinajstić information content (AvgIpc) is 3.38. The van der Waals surface area contributed by atoms with Crippen LogP contribution in [0.3, 0.4) is 0 Å². The van der Waals surface area contributed by atoms with Crippen molar-refractivity contribution in [1.82, 2.24) is 21.0 Å². The van der Waals surface area contributed by atoms with Crippen molar-refractivity contribution in [2.45, 2.75) is 40.7 Å². The second kappa shape index (κ2) is 9.88. The summed E-state index contributed by atoms with van der Waals surface area (Å²) in [6.45, 7) is 9.38. The normalized spacial score (nSPS) is 11.8. The summed E-state index contributed by atoms with van der Waals surface area (Å²) in [4.78, 5) is 30.1. The molecule has 0 spiro atoms. The van der Waals surface area contributed by atoms with Gasteiger partial charge in [0.1, 0.15) is 23.0 Å².